The van der Waals surface area contributed by atoms with Gasteiger partial charge in [-0.3, -0.25) is 19.1 Å². The third kappa shape index (κ3) is 3.09. The van der Waals surface area contributed by atoms with Crippen LogP contribution in [-0.4, -0.2) is 22.6 Å². The number of anilines is 1. The van der Waals surface area contributed by atoms with Crippen LogP contribution < -0.4 is 21.3 Å². The summed E-state index contributed by atoms with van der Waals surface area (Å²) < 4.78 is 5.94. The van der Waals surface area contributed by atoms with Gasteiger partial charge in [-0.1, -0.05) is 0 Å². The first-order valence-corrected chi connectivity index (χ1v) is 7.97. The normalized spacial score (nSPS) is 10.8. The fourth-order valence-corrected chi connectivity index (χ4v) is 3.22. The van der Waals surface area contributed by atoms with Crippen molar-refractivity contribution < 1.29 is 9.53 Å². The first kappa shape index (κ1) is 16.0. The highest BCUT2D eigenvalue weighted by Gasteiger charge is 2.13. The second kappa shape index (κ2) is 6.32. The van der Waals surface area contributed by atoms with E-state index in [1.165, 1.54) is 11.3 Å². The quantitative estimate of drug-likeness (QED) is 0.753. The SMILES string of the molecule is COc1ccc(NC(=O)Cn2c(=O)[nH]c3sc(C)cc3c2=O)cc1. The smallest absolute Gasteiger partial charge is 0.329 e. The van der Waals surface area contributed by atoms with Crippen LogP contribution in [0.25, 0.3) is 10.2 Å². The molecular formula is C16H15N3O4S. The Labute approximate surface area is 140 Å². The summed E-state index contributed by atoms with van der Waals surface area (Å²) in [7, 11) is 1.55. The second-order valence-corrected chi connectivity index (χ2v) is 6.45. The lowest BCUT2D eigenvalue weighted by Gasteiger charge is -2.07. The van der Waals surface area contributed by atoms with Crippen molar-refractivity contribution >= 4 is 33.1 Å². The first-order chi connectivity index (χ1) is 11.5. The van der Waals surface area contributed by atoms with Crippen molar-refractivity contribution in [2.75, 3.05) is 12.4 Å². The van der Waals surface area contributed by atoms with E-state index < -0.39 is 17.2 Å². The molecule has 0 bridgehead atoms. The molecule has 7 nitrogen and oxygen atoms in total. The number of carbonyl (C=O) groups is 1. The van der Waals surface area contributed by atoms with E-state index in [0.29, 0.717) is 21.7 Å². The molecule has 3 rings (SSSR count). The number of H-pyrrole nitrogens is 1. The molecule has 2 aromatic heterocycles. The maximum Gasteiger partial charge on any atom is 0.329 e. The summed E-state index contributed by atoms with van der Waals surface area (Å²) in [6.07, 6.45) is 0. The molecule has 0 fully saturated rings. The number of aromatic amines is 1. The van der Waals surface area contributed by atoms with E-state index in [0.717, 1.165) is 9.44 Å². The van der Waals surface area contributed by atoms with E-state index in [1.54, 1.807) is 37.4 Å². The summed E-state index contributed by atoms with van der Waals surface area (Å²) in [6.45, 7) is 1.49. The largest absolute Gasteiger partial charge is 0.497 e. The molecule has 2 heterocycles. The number of carbonyl (C=O) groups excluding carboxylic acids is 1. The van der Waals surface area contributed by atoms with Gasteiger partial charge in [0.05, 0.1) is 12.5 Å². The Morgan fingerprint density at radius 2 is 2.00 bits per heavy atom. The predicted octanol–water partition coefficient (Wildman–Crippen LogP) is 1.71. The third-order valence-corrected chi connectivity index (χ3v) is 4.44. The van der Waals surface area contributed by atoms with Gasteiger partial charge in [0.1, 0.15) is 17.1 Å². The van der Waals surface area contributed by atoms with E-state index >= 15 is 0 Å². The summed E-state index contributed by atoms with van der Waals surface area (Å²) in [5, 5.41) is 3.06. The zero-order chi connectivity index (χ0) is 17.3. The van der Waals surface area contributed by atoms with Gasteiger partial charge in [-0.05, 0) is 37.3 Å². The number of fused-ring (bicyclic) bond motifs is 1. The summed E-state index contributed by atoms with van der Waals surface area (Å²) >= 11 is 1.33. The van der Waals surface area contributed by atoms with Crippen molar-refractivity contribution in [1.29, 1.82) is 0 Å². The van der Waals surface area contributed by atoms with Gasteiger partial charge in [-0.2, -0.15) is 0 Å². The Balaban J connectivity index is 1.84. The number of thiophene rings is 1. The summed E-state index contributed by atoms with van der Waals surface area (Å²) in [4.78, 5) is 40.6. The van der Waals surface area contributed by atoms with Crippen LogP contribution >= 0.6 is 11.3 Å². The highest BCUT2D eigenvalue weighted by Crippen LogP contribution is 2.18. The fourth-order valence-electron chi connectivity index (χ4n) is 2.33. The maximum atomic E-state index is 12.4. The molecule has 3 aromatic rings. The van der Waals surface area contributed by atoms with Crippen LogP contribution in [0.5, 0.6) is 5.75 Å². The number of nitrogens with one attached hydrogen (secondary N) is 2. The number of amides is 1. The number of methoxy groups -OCH3 is 1. The number of benzene rings is 1. The van der Waals surface area contributed by atoms with Gasteiger partial charge in [0.15, 0.2) is 0 Å². The van der Waals surface area contributed by atoms with Crippen molar-refractivity contribution in [3.63, 3.8) is 0 Å². The van der Waals surface area contributed by atoms with Gasteiger partial charge >= 0.3 is 5.69 Å². The standard InChI is InChI=1S/C16H15N3O4S/c1-9-7-12-14(24-9)18-16(22)19(15(12)21)8-13(20)17-10-3-5-11(23-2)6-4-10/h3-7H,8H2,1-2H3,(H,17,20)(H,18,22). The van der Waals surface area contributed by atoms with Crippen LogP contribution in [0.1, 0.15) is 4.88 Å². The Bertz CT molecular complexity index is 1010. The highest BCUT2D eigenvalue weighted by atomic mass is 32.1. The lowest BCUT2D eigenvalue weighted by Crippen LogP contribution is -2.38. The van der Waals surface area contributed by atoms with Crippen LogP contribution in [0.3, 0.4) is 0 Å². The van der Waals surface area contributed by atoms with Crippen LogP contribution in [0, 0.1) is 6.92 Å². The predicted molar refractivity (Wildman–Crippen MR) is 93.1 cm³/mol. The topological polar surface area (TPSA) is 93.2 Å². The average Bonchev–Trinajstić information content (AvgIpc) is 2.92. The van der Waals surface area contributed by atoms with Crippen LogP contribution in [-0.2, 0) is 11.3 Å². The molecule has 0 atom stereocenters. The molecule has 0 aliphatic heterocycles. The van der Waals surface area contributed by atoms with Gasteiger partial charge < -0.3 is 10.1 Å². The minimum absolute atomic E-state index is 0.356. The van der Waals surface area contributed by atoms with E-state index in [-0.39, 0.29) is 6.54 Å². The Morgan fingerprint density at radius 1 is 1.29 bits per heavy atom. The molecule has 0 saturated heterocycles. The molecule has 1 aromatic carbocycles. The number of aryl methyl sites for hydroxylation is 1. The van der Waals surface area contributed by atoms with Crippen LogP contribution in [0.15, 0.2) is 39.9 Å². The fraction of sp³-hybridized carbons (Fsp3) is 0.188. The Morgan fingerprint density at radius 3 is 2.67 bits per heavy atom. The number of hydrogen-bond donors (Lipinski definition) is 2. The van der Waals surface area contributed by atoms with Crippen LogP contribution in [0.4, 0.5) is 5.69 Å². The lowest BCUT2D eigenvalue weighted by molar-refractivity contribution is -0.116. The molecule has 0 aliphatic carbocycles. The summed E-state index contributed by atoms with van der Waals surface area (Å²) in [6, 6.07) is 8.46. The third-order valence-electron chi connectivity index (χ3n) is 3.47. The zero-order valence-electron chi connectivity index (χ0n) is 13.1. The minimum Gasteiger partial charge on any atom is -0.497 e. The molecule has 8 heteroatoms. The molecule has 124 valence electrons. The number of ether oxygens (including phenoxy) is 1. The van der Waals surface area contributed by atoms with Gasteiger partial charge in [0.2, 0.25) is 5.91 Å². The Hall–Kier alpha value is -2.87. The molecule has 0 aliphatic rings. The highest BCUT2D eigenvalue weighted by molar-refractivity contribution is 7.18. The van der Waals surface area contributed by atoms with E-state index in [9.17, 15) is 14.4 Å². The molecule has 0 unspecified atom stereocenters. The monoisotopic (exact) mass is 345 g/mol. The maximum absolute atomic E-state index is 12.4. The van der Waals surface area contributed by atoms with E-state index in [1.807, 2.05) is 6.92 Å². The van der Waals surface area contributed by atoms with Crippen molar-refractivity contribution in [3.05, 3.63) is 56.0 Å². The molecule has 24 heavy (non-hydrogen) atoms. The number of aromatic nitrogens is 2. The van der Waals surface area contributed by atoms with Gasteiger partial charge in [0, 0.05) is 10.6 Å². The van der Waals surface area contributed by atoms with Crippen molar-refractivity contribution in [1.82, 2.24) is 9.55 Å². The minimum atomic E-state index is -0.598. The van der Waals surface area contributed by atoms with Crippen LogP contribution in [0.2, 0.25) is 0 Å². The molecule has 0 radical (unpaired) electrons. The number of hydrogen-bond acceptors (Lipinski definition) is 5. The lowest BCUT2D eigenvalue weighted by atomic mass is 10.3. The zero-order valence-corrected chi connectivity index (χ0v) is 13.9. The van der Waals surface area contributed by atoms with Crippen molar-refractivity contribution in [2.24, 2.45) is 0 Å². The molecular weight excluding hydrogens is 330 g/mol. The van der Waals surface area contributed by atoms with Crippen molar-refractivity contribution in [3.8, 4) is 5.75 Å². The molecule has 0 saturated carbocycles. The van der Waals surface area contributed by atoms with E-state index in [4.69, 9.17) is 4.74 Å². The first-order valence-electron chi connectivity index (χ1n) is 7.15. The van der Waals surface area contributed by atoms with E-state index in [2.05, 4.69) is 10.3 Å². The second-order valence-electron chi connectivity index (χ2n) is 5.20. The Kier molecular flexibility index (Phi) is 4.22. The summed E-state index contributed by atoms with van der Waals surface area (Å²) in [5.41, 5.74) is -0.514. The van der Waals surface area contributed by atoms with Gasteiger partial charge in [-0.25, -0.2) is 4.79 Å². The van der Waals surface area contributed by atoms with Crippen molar-refractivity contribution in [2.45, 2.75) is 13.5 Å². The van der Waals surface area contributed by atoms with Gasteiger partial charge in [0.25, 0.3) is 5.56 Å². The van der Waals surface area contributed by atoms with Gasteiger partial charge in [-0.15, -0.1) is 11.3 Å². The molecule has 2 N–H and O–H groups in total. The summed E-state index contributed by atoms with van der Waals surface area (Å²) in [5.74, 6) is 0.206. The molecule has 1 amide bonds. The number of nitrogens with zero attached hydrogens (tertiary/aromatic N) is 1. The molecule has 0 spiro atoms. The average molecular weight is 345 g/mol. The number of rotatable bonds is 4.